The molecule has 3 N–H and O–H groups in total. The minimum Gasteiger partial charge on any atom is -0.481 e. The molecule has 0 aliphatic carbocycles. The second kappa shape index (κ2) is 19.1. The molecule has 2 aromatic rings. The Bertz CT molecular complexity index is 983. The highest BCUT2D eigenvalue weighted by Crippen LogP contribution is 2.25. The summed E-state index contributed by atoms with van der Waals surface area (Å²) in [6, 6.07) is 19.4. The number of carbonyl (C=O) groups excluding carboxylic acids is 2. The second-order valence-electron chi connectivity index (χ2n) is 12.1. The highest BCUT2D eigenvalue weighted by molar-refractivity contribution is 5.96. The third kappa shape index (κ3) is 13.8. The molecule has 0 aromatic heterocycles. The molecule has 1 atom stereocenters. The monoisotopic (exact) mass is 564 g/mol. The van der Waals surface area contributed by atoms with Gasteiger partial charge in [0, 0.05) is 13.0 Å². The van der Waals surface area contributed by atoms with E-state index in [-0.39, 0.29) is 24.9 Å². The summed E-state index contributed by atoms with van der Waals surface area (Å²) in [5.41, 5.74) is 1.44. The highest BCUT2D eigenvalue weighted by Gasteiger charge is 2.29. The van der Waals surface area contributed by atoms with Gasteiger partial charge in [0.2, 0.25) is 11.8 Å². The Hall–Kier alpha value is -3.15. The van der Waals surface area contributed by atoms with Crippen molar-refractivity contribution in [3.63, 3.8) is 0 Å². The van der Waals surface area contributed by atoms with Gasteiger partial charge in [-0.15, -0.1) is 0 Å². The molecule has 2 rings (SSSR count). The van der Waals surface area contributed by atoms with Gasteiger partial charge in [0.1, 0.15) is 5.92 Å². The number of hydrogen-bond donors (Lipinski definition) is 3. The molecule has 0 aliphatic rings. The zero-order chi connectivity index (χ0) is 29.9. The number of amides is 2. The van der Waals surface area contributed by atoms with Gasteiger partial charge in [-0.3, -0.25) is 14.4 Å². The third-order valence-electron chi connectivity index (χ3n) is 7.66. The maximum atomic E-state index is 13.1. The summed E-state index contributed by atoms with van der Waals surface area (Å²) in [6.45, 7) is 6.27. The van der Waals surface area contributed by atoms with E-state index in [0.717, 1.165) is 30.4 Å². The lowest BCUT2D eigenvalue weighted by molar-refractivity contribution is -0.147. The van der Waals surface area contributed by atoms with Crippen molar-refractivity contribution in [2.24, 2.45) is 11.3 Å². The molecule has 1 unspecified atom stereocenters. The van der Waals surface area contributed by atoms with Gasteiger partial charge < -0.3 is 15.7 Å². The van der Waals surface area contributed by atoms with Gasteiger partial charge in [-0.05, 0) is 23.0 Å². The van der Waals surface area contributed by atoms with Crippen LogP contribution in [-0.2, 0) is 14.4 Å². The summed E-state index contributed by atoms with van der Waals surface area (Å²) in [6.07, 6.45) is 13.5. The van der Waals surface area contributed by atoms with E-state index in [0.29, 0.717) is 6.42 Å². The smallest absolute Gasteiger partial charge is 0.316 e. The quantitative estimate of drug-likeness (QED) is 0.106. The predicted octanol–water partition coefficient (Wildman–Crippen LogP) is 7.83. The Balaban J connectivity index is 1.76. The zero-order valence-corrected chi connectivity index (χ0v) is 25.5. The van der Waals surface area contributed by atoms with Crippen molar-refractivity contribution in [2.75, 3.05) is 6.54 Å². The number of unbranched alkanes of at least 4 members (excludes halogenated alkanes) is 10. The fourth-order valence-electron chi connectivity index (χ4n) is 5.19. The number of carbonyl (C=O) groups is 3. The second-order valence-corrected chi connectivity index (χ2v) is 12.1. The average Bonchev–Trinajstić information content (AvgIpc) is 2.96. The topological polar surface area (TPSA) is 95.5 Å². The van der Waals surface area contributed by atoms with E-state index in [1.54, 1.807) is 0 Å². The van der Waals surface area contributed by atoms with Crippen LogP contribution < -0.4 is 10.6 Å². The van der Waals surface area contributed by atoms with Crippen molar-refractivity contribution in [1.29, 1.82) is 0 Å². The van der Waals surface area contributed by atoms with E-state index in [4.69, 9.17) is 0 Å². The van der Waals surface area contributed by atoms with E-state index in [9.17, 15) is 19.5 Å². The molecule has 41 heavy (non-hydrogen) atoms. The Morgan fingerprint density at radius 2 is 1.20 bits per heavy atom. The molecule has 0 radical (unpaired) electrons. The van der Waals surface area contributed by atoms with Crippen LogP contribution in [0.2, 0.25) is 0 Å². The molecule has 0 heterocycles. The van der Waals surface area contributed by atoms with Crippen molar-refractivity contribution in [3.05, 3.63) is 71.8 Å². The largest absolute Gasteiger partial charge is 0.481 e. The molecule has 0 saturated carbocycles. The standard InChI is InChI=1S/C35H52N2O4/c1-4-5-6-7-8-9-10-11-12-13-20-25-30(34(40)41)33(39)36-27-35(2,3)26-31(38)37-32(28-21-16-14-17-22-28)29-23-18-15-19-24-29/h14-19,21-24,30,32H,4-13,20,25-27H2,1-3H3,(H,36,39)(H,37,38)(H,40,41). The molecule has 226 valence electrons. The molecule has 0 bridgehead atoms. The van der Waals surface area contributed by atoms with Crippen LogP contribution in [0.25, 0.3) is 0 Å². The summed E-state index contributed by atoms with van der Waals surface area (Å²) in [7, 11) is 0. The summed E-state index contributed by atoms with van der Waals surface area (Å²) in [5.74, 6) is -2.74. The fraction of sp³-hybridized carbons (Fsp3) is 0.571. The summed E-state index contributed by atoms with van der Waals surface area (Å²) in [5, 5.41) is 15.6. The van der Waals surface area contributed by atoms with Crippen LogP contribution in [0.5, 0.6) is 0 Å². The van der Waals surface area contributed by atoms with Crippen LogP contribution in [0.3, 0.4) is 0 Å². The fourth-order valence-corrected chi connectivity index (χ4v) is 5.19. The molecular formula is C35H52N2O4. The zero-order valence-electron chi connectivity index (χ0n) is 25.5. The lowest BCUT2D eigenvalue weighted by Gasteiger charge is -2.27. The minimum absolute atomic E-state index is 0.127. The summed E-state index contributed by atoms with van der Waals surface area (Å²) < 4.78 is 0. The number of carboxylic acid groups (broad SMARTS) is 1. The molecule has 2 aromatic carbocycles. The number of benzene rings is 2. The first kappa shape index (κ1) is 34.1. The van der Waals surface area contributed by atoms with Crippen LogP contribution >= 0.6 is 0 Å². The SMILES string of the molecule is CCCCCCCCCCCCCC(C(=O)O)C(=O)NCC(C)(C)CC(=O)NC(c1ccccc1)c1ccccc1. The maximum Gasteiger partial charge on any atom is 0.316 e. The van der Waals surface area contributed by atoms with Gasteiger partial charge in [-0.1, -0.05) is 152 Å². The van der Waals surface area contributed by atoms with Gasteiger partial charge >= 0.3 is 5.97 Å². The normalized spacial score (nSPS) is 12.2. The Kier molecular flexibility index (Phi) is 15.8. The Morgan fingerprint density at radius 1 is 0.732 bits per heavy atom. The van der Waals surface area contributed by atoms with Gasteiger partial charge in [-0.2, -0.15) is 0 Å². The first-order valence-electron chi connectivity index (χ1n) is 15.6. The summed E-state index contributed by atoms with van der Waals surface area (Å²) >= 11 is 0. The number of nitrogens with one attached hydrogen (secondary N) is 2. The van der Waals surface area contributed by atoms with Gasteiger partial charge in [0.05, 0.1) is 6.04 Å². The number of rotatable bonds is 21. The molecule has 2 amide bonds. The first-order valence-corrected chi connectivity index (χ1v) is 15.6. The molecule has 6 nitrogen and oxygen atoms in total. The number of carboxylic acids is 1. The van der Waals surface area contributed by atoms with Crippen LogP contribution in [0.15, 0.2) is 60.7 Å². The maximum absolute atomic E-state index is 13.1. The molecule has 0 spiro atoms. The lowest BCUT2D eigenvalue weighted by atomic mass is 9.88. The van der Waals surface area contributed by atoms with Gasteiger partial charge in [0.15, 0.2) is 0 Å². The van der Waals surface area contributed by atoms with Crippen LogP contribution in [0, 0.1) is 11.3 Å². The van der Waals surface area contributed by atoms with E-state index in [1.807, 2.05) is 74.5 Å². The third-order valence-corrected chi connectivity index (χ3v) is 7.66. The van der Waals surface area contributed by atoms with E-state index in [2.05, 4.69) is 17.6 Å². The molecule has 0 fully saturated rings. The van der Waals surface area contributed by atoms with Crippen molar-refractivity contribution in [2.45, 2.75) is 110 Å². The Morgan fingerprint density at radius 3 is 1.66 bits per heavy atom. The summed E-state index contributed by atoms with van der Waals surface area (Å²) in [4.78, 5) is 37.7. The minimum atomic E-state index is -1.08. The highest BCUT2D eigenvalue weighted by atomic mass is 16.4. The van der Waals surface area contributed by atoms with E-state index in [1.165, 1.54) is 51.4 Å². The molecular weight excluding hydrogens is 512 g/mol. The molecule has 6 heteroatoms. The lowest BCUT2D eigenvalue weighted by Crippen LogP contribution is -2.42. The van der Waals surface area contributed by atoms with Crippen LogP contribution in [-0.4, -0.2) is 29.4 Å². The van der Waals surface area contributed by atoms with Crippen molar-refractivity contribution < 1.29 is 19.5 Å². The number of hydrogen-bond acceptors (Lipinski definition) is 3. The average molecular weight is 565 g/mol. The van der Waals surface area contributed by atoms with E-state index < -0.39 is 23.2 Å². The molecule has 0 saturated heterocycles. The van der Waals surface area contributed by atoms with Crippen molar-refractivity contribution in [3.8, 4) is 0 Å². The van der Waals surface area contributed by atoms with Crippen LogP contribution in [0.4, 0.5) is 0 Å². The first-order chi connectivity index (χ1) is 19.7. The predicted molar refractivity (Wildman–Crippen MR) is 166 cm³/mol. The van der Waals surface area contributed by atoms with Gasteiger partial charge in [0.25, 0.3) is 0 Å². The van der Waals surface area contributed by atoms with Crippen molar-refractivity contribution >= 4 is 17.8 Å². The molecule has 0 aliphatic heterocycles. The van der Waals surface area contributed by atoms with Gasteiger partial charge in [-0.25, -0.2) is 0 Å². The van der Waals surface area contributed by atoms with Crippen molar-refractivity contribution in [1.82, 2.24) is 10.6 Å². The van der Waals surface area contributed by atoms with Crippen LogP contribution in [0.1, 0.15) is 121 Å². The number of aliphatic carboxylic acids is 1. The van der Waals surface area contributed by atoms with E-state index >= 15 is 0 Å². The Labute approximate surface area is 247 Å².